The molecule has 0 bridgehead atoms. The van der Waals surface area contributed by atoms with E-state index >= 15 is 0 Å². The number of ether oxygens (including phenoxy) is 1. The van der Waals surface area contributed by atoms with E-state index in [9.17, 15) is 14.4 Å². The lowest BCUT2D eigenvalue weighted by atomic mass is 10.1. The van der Waals surface area contributed by atoms with Gasteiger partial charge in [-0.25, -0.2) is 9.78 Å². The van der Waals surface area contributed by atoms with Crippen LogP contribution in [-0.2, 0) is 22.5 Å². The van der Waals surface area contributed by atoms with Crippen LogP contribution in [0.4, 0.5) is 4.79 Å². The number of nitrogens with two attached hydrogens (primary N) is 1. The highest BCUT2D eigenvalue weighted by Crippen LogP contribution is 2.32. The third-order valence-electron chi connectivity index (χ3n) is 4.98. The fraction of sp³-hybridized carbons (Fsp3) is 0.364. The van der Waals surface area contributed by atoms with Crippen molar-refractivity contribution in [1.29, 1.82) is 0 Å². The second-order valence-corrected chi connectivity index (χ2v) is 8.61. The minimum absolute atomic E-state index is 0.00337. The molecule has 1 aliphatic rings. The average Bonchev–Trinajstić information content (AvgIpc) is 3.37. The summed E-state index contributed by atoms with van der Waals surface area (Å²) < 4.78 is 7.12. The lowest BCUT2D eigenvalue weighted by Crippen LogP contribution is -2.37. The third-order valence-corrected chi connectivity index (χ3v) is 6.11. The Labute approximate surface area is 185 Å². The lowest BCUT2D eigenvalue weighted by molar-refractivity contribution is -0.117. The van der Waals surface area contributed by atoms with Gasteiger partial charge in [-0.15, -0.1) is 0 Å². The molecule has 2 N–H and O–H groups in total. The number of aromatic nitrogens is 2. The van der Waals surface area contributed by atoms with E-state index < -0.39 is 12.0 Å². The van der Waals surface area contributed by atoms with E-state index in [0.717, 1.165) is 0 Å². The third kappa shape index (κ3) is 6.45. The molecule has 2 unspecified atom stereocenters. The predicted octanol–water partition coefficient (Wildman–Crippen LogP) is 2.64. The Hall–Kier alpha value is -3.07. The molecule has 1 aliphatic heterocycles. The van der Waals surface area contributed by atoms with Crippen molar-refractivity contribution < 1.29 is 19.1 Å². The number of amides is 2. The molecule has 8 nitrogen and oxygen atoms in total. The summed E-state index contributed by atoms with van der Waals surface area (Å²) >= 11 is 1.26. The van der Waals surface area contributed by atoms with E-state index in [2.05, 4.69) is 11.6 Å². The number of nitrogens with zero attached hydrogens (tertiary/aromatic N) is 3. The number of hydrogen-bond acceptors (Lipinski definition) is 6. The Balaban J connectivity index is 1.63. The molecule has 3 rings (SSSR count). The van der Waals surface area contributed by atoms with Crippen LogP contribution in [0.1, 0.15) is 28.9 Å². The molecule has 1 aromatic carbocycles. The first-order valence-electron chi connectivity index (χ1n) is 10.1. The first kappa shape index (κ1) is 22.6. The molecular formula is C22H26N4O4S. The van der Waals surface area contributed by atoms with Crippen molar-refractivity contribution in [2.75, 3.05) is 13.2 Å². The first-order valence-corrected chi connectivity index (χ1v) is 10.9. The van der Waals surface area contributed by atoms with Gasteiger partial charge in [-0.05, 0) is 12.8 Å². The van der Waals surface area contributed by atoms with Gasteiger partial charge in [0.15, 0.2) is 0 Å². The van der Waals surface area contributed by atoms with Crippen LogP contribution in [0.5, 0.6) is 0 Å². The molecule has 9 heteroatoms. The minimum Gasteiger partial charge on any atom is -0.445 e. The number of primary amides is 1. The summed E-state index contributed by atoms with van der Waals surface area (Å²) in [5.74, 6) is -0.430. The molecule has 0 radical (unpaired) electrons. The van der Waals surface area contributed by atoms with Gasteiger partial charge in [0.2, 0.25) is 11.0 Å². The Morgan fingerprint density at radius 3 is 2.77 bits per heavy atom. The van der Waals surface area contributed by atoms with Gasteiger partial charge in [0.05, 0.1) is 18.4 Å². The summed E-state index contributed by atoms with van der Waals surface area (Å²) in [6, 6.07) is 9.06. The highest BCUT2D eigenvalue weighted by atomic mass is 32.2. The Morgan fingerprint density at radius 2 is 2.06 bits per heavy atom. The number of imidazole rings is 1. The van der Waals surface area contributed by atoms with Crippen LogP contribution in [0.2, 0.25) is 0 Å². The van der Waals surface area contributed by atoms with Crippen molar-refractivity contribution in [1.82, 2.24) is 14.5 Å². The molecule has 0 saturated carbocycles. The smallest absolute Gasteiger partial charge is 0.410 e. The van der Waals surface area contributed by atoms with Gasteiger partial charge >= 0.3 is 6.09 Å². The SMILES string of the molecule is C=CCOC(=O)N1CC(SC(=O)c2ccccc2)CC1CCn1cnc(CC(N)=O)c1. The maximum absolute atomic E-state index is 12.6. The summed E-state index contributed by atoms with van der Waals surface area (Å²) in [7, 11) is 0. The van der Waals surface area contributed by atoms with Gasteiger partial charge in [0.25, 0.3) is 0 Å². The second-order valence-electron chi connectivity index (χ2n) is 7.34. The van der Waals surface area contributed by atoms with Gasteiger partial charge in [0, 0.05) is 36.1 Å². The van der Waals surface area contributed by atoms with E-state index in [1.807, 2.05) is 22.8 Å². The fourth-order valence-electron chi connectivity index (χ4n) is 3.56. The quantitative estimate of drug-likeness (QED) is 0.598. The average molecular weight is 443 g/mol. The number of hydrogen-bond donors (Lipinski definition) is 1. The second kappa shape index (κ2) is 10.8. The molecule has 1 fully saturated rings. The number of rotatable bonds is 9. The molecule has 0 aliphatic carbocycles. The Morgan fingerprint density at radius 1 is 1.29 bits per heavy atom. The molecule has 0 spiro atoms. The zero-order valence-corrected chi connectivity index (χ0v) is 18.0. The van der Waals surface area contributed by atoms with Crippen LogP contribution >= 0.6 is 11.8 Å². The molecule has 2 amide bonds. The standard InChI is InChI=1S/C22H26N4O4S/c1-2-10-30-22(29)26-14-19(31-21(28)16-6-4-3-5-7-16)12-18(26)8-9-25-13-17(24-15-25)11-20(23)27/h2-7,13,15,18-19H,1,8-12,14H2,(H2,23,27). The molecular weight excluding hydrogens is 416 g/mol. The van der Waals surface area contributed by atoms with Crippen LogP contribution in [-0.4, -0.2) is 56.0 Å². The predicted molar refractivity (Wildman–Crippen MR) is 119 cm³/mol. The van der Waals surface area contributed by atoms with Crippen molar-refractivity contribution in [2.45, 2.75) is 37.1 Å². The van der Waals surface area contributed by atoms with Crippen molar-refractivity contribution in [3.63, 3.8) is 0 Å². The van der Waals surface area contributed by atoms with Gasteiger partial charge in [-0.2, -0.15) is 0 Å². The highest BCUT2D eigenvalue weighted by molar-refractivity contribution is 8.14. The number of carbonyl (C=O) groups is 3. The van der Waals surface area contributed by atoms with Gasteiger partial charge in [0.1, 0.15) is 6.61 Å². The van der Waals surface area contributed by atoms with Crippen LogP contribution < -0.4 is 5.73 Å². The van der Waals surface area contributed by atoms with E-state index in [-0.39, 0.29) is 29.4 Å². The fourth-order valence-corrected chi connectivity index (χ4v) is 4.69. The summed E-state index contributed by atoms with van der Waals surface area (Å²) in [5.41, 5.74) is 6.48. The molecule has 2 heterocycles. The highest BCUT2D eigenvalue weighted by Gasteiger charge is 2.37. The molecule has 1 aromatic heterocycles. The van der Waals surface area contributed by atoms with Gasteiger partial charge < -0.3 is 19.9 Å². The van der Waals surface area contributed by atoms with Crippen molar-refractivity contribution in [3.05, 3.63) is 66.8 Å². The number of likely N-dealkylation sites (tertiary alicyclic amines) is 1. The maximum atomic E-state index is 12.6. The normalized spacial score (nSPS) is 18.0. The monoisotopic (exact) mass is 442 g/mol. The maximum Gasteiger partial charge on any atom is 0.410 e. The van der Waals surface area contributed by atoms with Crippen molar-refractivity contribution in [2.24, 2.45) is 5.73 Å². The van der Waals surface area contributed by atoms with Crippen molar-refractivity contribution in [3.8, 4) is 0 Å². The van der Waals surface area contributed by atoms with E-state index in [1.165, 1.54) is 17.8 Å². The topological polar surface area (TPSA) is 108 Å². The van der Waals surface area contributed by atoms with Crippen LogP contribution in [0, 0.1) is 0 Å². The Bertz CT molecular complexity index is 931. The number of aryl methyl sites for hydroxylation is 1. The zero-order valence-electron chi connectivity index (χ0n) is 17.2. The van der Waals surface area contributed by atoms with E-state index in [0.29, 0.717) is 37.2 Å². The van der Waals surface area contributed by atoms with Crippen LogP contribution in [0.3, 0.4) is 0 Å². The van der Waals surface area contributed by atoms with E-state index in [4.69, 9.17) is 10.5 Å². The number of carbonyl (C=O) groups excluding carboxylic acids is 3. The minimum atomic E-state index is -0.430. The van der Waals surface area contributed by atoms with Gasteiger partial charge in [-0.3, -0.25) is 9.59 Å². The summed E-state index contributed by atoms with van der Waals surface area (Å²) in [5, 5.41) is -0.0152. The number of benzene rings is 1. The molecule has 1 saturated heterocycles. The molecule has 31 heavy (non-hydrogen) atoms. The van der Waals surface area contributed by atoms with Gasteiger partial charge in [-0.1, -0.05) is 54.7 Å². The molecule has 2 atom stereocenters. The molecule has 2 aromatic rings. The Kier molecular flexibility index (Phi) is 7.88. The van der Waals surface area contributed by atoms with Crippen LogP contribution in [0.25, 0.3) is 0 Å². The van der Waals surface area contributed by atoms with Crippen LogP contribution in [0.15, 0.2) is 55.5 Å². The first-order chi connectivity index (χ1) is 15.0. The number of thioether (sulfide) groups is 1. The zero-order chi connectivity index (χ0) is 22.2. The van der Waals surface area contributed by atoms with Crippen molar-refractivity contribution >= 4 is 28.9 Å². The summed E-state index contributed by atoms with van der Waals surface area (Å²) in [4.78, 5) is 42.1. The lowest BCUT2D eigenvalue weighted by Gasteiger charge is -2.23. The summed E-state index contributed by atoms with van der Waals surface area (Å²) in [6.07, 6.45) is 6.02. The van der Waals surface area contributed by atoms with E-state index in [1.54, 1.807) is 29.6 Å². The largest absolute Gasteiger partial charge is 0.445 e. The summed E-state index contributed by atoms with van der Waals surface area (Å²) in [6.45, 7) is 4.78. The molecule has 164 valence electrons.